The number of amides is 1. The van der Waals surface area contributed by atoms with E-state index in [1.807, 2.05) is 19.2 Å². The SMILES string of the molecule is CNC(=O)C(C)c1cnc(N)c2c(-c3ccc4[nH]ccc4c3)csc12. The zero-order valence-electron chi connectivity index (χ0n) is 14.0. The fourth-order valence-electron chi connectivity index (χ4n) is 3.19. The van der Waals surface area contributed by atoms with Crippen molar-refractivity contribution in [2.45, 2.75) is 12.8 Å². The maximum absolute atomic E-state index is 12.1. The second-order valence-corrected chi connectivity index (χ2v) is 6.95. The van der Waals surface area contributed by atoms with Gasteiger partial charge in [-0.05, 0) is 41.5 Å². The summed E-state index contributed by atoms with van der Waals surface area (Å²) in [6.07, 6.45) is 3.65. The topological polar surface area (TPSA) is 83.8 Å². The summed E-state index contributed by atoms with van der Waals surface area (Å²) in [5.41, 5.74) is 10.4. The number of carbonyl (C=O) groups excluding carboxylic acids is 1. The number of anilines is 1. The molecule has 0 spiro atoms. The number of hydrogen-bond donors (Lipinski definition) is 3. The maximum atomic E-state index is 12.1. The molecule has 3 aromatic heterocycles. The number of aromatic amines is 1. The predicted octanol–water partition coefficient (Wildman–Crippen LogP) is 3.88. The smallest absolute Gasteiger partial charge is 0.227 e. The van der Waals surface area contributed by atoms with Crippen molar-refractivity contribution in [2.24, 2.45) is 0 Å². The summed E-state index contributed by atoms with van der Waals surface area (Å²) in [5.74, 6) is 0.184. The normalized spacial score (nSPS) is 12.6. The van der Waals surface area contributed by atoms with Gasteiger partial charge in [-0.3, -0.25) is 4.79 Å². The molecule has 4 aromatic rings. The fourth-order valence-corrected chi connectivity index (χ4v) is 4.37. The Labute approximate surface area is 148 Å². The highest BCUT2D eigenvalue weighted by Gasteiger charge is 2.21. The largest absolute Gasteiger partial charge is 0.383 e. The van der Waals surface area contributed by atoms with E-state index in [1.54, 1.807) is 24.6 Å². The van der Waals surface area contributed by atoms with E-state index >= 15 is 0 Å². The first-order valence-electron chi connectivity index (χ1n) is 8.05. The minimum absolute atomic E-state index is 0.0310. The van der Waals surface area contributed by atoms with Crippen LogP contribution in [0.2, 0.25) is 0 Å². The summed E-state index contributed by atoms with van der Waals surface area (Å²) in [4.78, 5) is 19.6. The van der Waals surface area contributed by atoms with Crippen molar-refractivity contribution in [1.82, 2.24) is 15.3 Å². The van der Waals surface area contributed by atoms with Crippen molar-refractivity contribution in [3.63, 3.8) is 0 Å². The Hall–Kier alpha value is -2.86. The van der Waals surface area contributed by atoms with E-state index in [0.717, 1.165) is 37.7 Å². The van der Waals surface area contributed by atoms with Gasteiger partial charge in [0.05, 0.1) is 5.92 Å². The third kappa shape index (κ3) is 2.46. The lowest BCUT2D eigenvalue weighted by Gasteiger charge is -2.12. The van der Waals surface area contributed by atoms with Crippen molar-refractivity contribution in [3.8, 4) is 11.1 Å². The first kappa shape index (κ1) is 15.7. The van der Waals surface area contributed by atoms with Gasteiger partial charge < -0.3 is 16.0 Å². The Bertz CT molecular complexity index is 1100. The molecule has 4 N–H and O–H groups in total. The van der Waals surface area contributed by atoms with E-state index in [-0.39, 0.29) is 11.8 Å². The van der Waals surface area contributed by atoms with Gasteiger partial charge in [0, 0.05) is 46.2 Å². The van der Waals surface area contributed by atoms with Crippen LogP contribution in [0.5, 0.6) is 0 Å². The summed E-state index contributed by atoms with van der Waals surface area (Å²) < 4.78 is 1.02. The van der Waals surface area contributed by atoms with Crippen molar-refractivity contribution in [3.05, 3.63) is 47.6 Å². The molecule has 0 saturated heterocycles. The quantitative estimate of drug-likeness (QED) is 0.524. The summed E-state index contributed by atoms with van der Waals surface area (Å²) in [7, 11) is 1.65. The fraction of sp³-hybridized carbons (Fsp3) is 0.158. The highest BCUT2D eigenvalue weighted by molar-refractivity contribution is 7.18. The van der Waals surface area contributed by atoms with Crippen LogP contribution in [0.3, 0.4) is 0 Å². The van der Waals surface area contributed by atoms with Gasteiger partial charge in [0.25, 0.3) is 0 Å². The summed E-state index contributed by atoms with van der Waals surface area (Å²) in [6, 6.07) is 8.33. The third-order valence-electron chi connectivity index (χ3n) is 4.62. The average molecular weight is 350 g/mol. The highest BCUT2D eigenvalue weighted by atomic mass is 32.1. The molecule has 6 heteroatoms. The minimum Gasteiger partial charge on any atom is -0.383 e. The molecule has 1 unspecified atom stereocenters. The van der Waals surface area contributed by atoms with Crippen LogP contribution < -0.4 is 11.1 Å². The zero-order valence-corrected chi connectivity index (χ0v) is 14.8. The van der Waals surface area contributed by atoms with E-state index in [0.29, 0.717) is 5.82 Å². The van der Waals surface area contributed by atoms with Crippen molar-refractivity contribution >= 4 is 44.1 Å². The summed E-state index contributed by atoms with van der Waals surface area (Å²) >= 11 is 1.61. The van der Waals surface area contributed by atoms with E-state index in [9.17, 15) is 4.79 Å². The van der Waals surface area contributed by atoms with Gasteiger partial charge in [-0.2, -0.15) is 0 Å². The van der Waals surface area contributed by atoms with Crippen molar-refractivity contribution in [2.75, 3.05) is 12.8 Å². The molecule has 5 nitrogen and oxygen atoms in total. The minimum atomic E-state index is -0.278. The highest BCUT2D eigenvalue weighted by Crippen LogP contribution is 2.41. The molecule has 25 heavy (non-hydrogen) atoms. The van der Waals surface area contributed by atoms with E-state index in [1.165, 1.54) is 0 Å². The number of nitrogens with one attached hydrogen (secondary N) is 2. The predicted molar refractivity (Wildman–Crippen MR) is 104 cm³/mol. The Morgan fingerprint density at radius 2 is 2.20 bits per heavy atom. The number of thiophene rings is 1. The van der Waals surface area contributed by atoms with E-state index in [4.69, 9.17) is 5.73 Å². The number of carbonyl (C=O) groups is 1. The number of H-pyrrole nitrogens is 1. The van der Waals surface area contributed by atoms with Gasteiger partial charge >= 0.3 is 0 Å². The molecule has 0 radical (unpaired) electrons. The number of rotatable bonds is 3. The number of nitrogens with two attached hydrogens (primary N) is 1. The Balaban J connectivity index is 1.92. The first-order chi connectivity index (χ1) is 12.1. The van der Waals surface area contributed by atoms with Crippen molar-refractivity contribution < 1.29 is 4.79 Å². The lowest BCUT2D eigenvalue weighted by Crippen LogP contribution is -2.24. The monoisotopic (exact) mass is 350 g/mol. The van der Waals surface area contributed by atoms with Crippen LogP contribution >= 0.6 is 11.3 Å². The number of nitrogen functional groups attached to an aromatic ring is 1. The maximum Gasteiger partial charge on any atom is 0.227 e. The molecule has 0 aliphatic carbocycles. The van der Waals surface area contributed by atoms with Crippen LogP contribution in [0.4, 0.5) is 5.82 Å². The zero-order chi connectivity index (χ0) is 17.6. The molecular weight excluding hydrogens is 332 g/mol. The van der Waals surface area contributed by atoms with E-state index < -0.39 is 0 Å². The van der Waals surface area contributed by atoms with Crippen LogP contribution in [-0.4, -0.2) is 22.9 Å². The standard InChI is InChI=1S/C19H18N4OS/c1-10(19(24)21-2)13-8-23-18(20)16-14(9-25-17(13)16)11-3-4-15-12(7-11)5-6-22-15/h3-10,22H,1-2H3,(H2,20,23)(H,21,24). The van der Waals surface area contributed by atoms with Crippen LogP contribution in [-0.2, 0) is 4.79 Å². The second-order valence-electron chi connectivity index (χ2n) is 6.07. The Kier molecular flexibility index (Phi) is 3.69. The summed E-state index contributed by atoms with van der Waals surface area (Å²) in [6.45, 7) is 1.89. The molecule has 4 rings (SSSR count). The molecule has 1 amide bonds. The molecule has 3 heterocycles. The number of hydrogen-bond acceptors (Lipinski definition) is 4. The number of aromatic nitrogens is 2. The van der Waals surface area contributed by atoms with Gasteiger partial charge in [-0.25, -0.2) is 4.98 Å². The third-order valence-corrected chi connectivity index (χ3v) is 5.65. The van der Waals surface area contributed by atoms with Crippen LogP contribution in [0.25, 0.3) is 32.1 Å². The number of fused-ring (bicyclic) bond motifs is 2. The molecule has 126 valence electrons. The molecule has 1 atom stereocenters. The Morgan fingerprint density at radius 1 is 1.36 bits per heavy atom. The number of benzene rings is 1. The number of pyridine rings is 1. The molecular formula is C19H18N4OS. The van der Waals surface area contributed by atoms with Gasteiger partial charge in [0.15, 0.2) is 0 Å². The molecule has 1 aromatic carbocycles. The molecule has 0 aliphatic rings. The summed E-state index contributed by atoms with van der Waals surface area (Å²) in [5, 5.41) is 6.87. The van der Waals surface area contributed by atoms with Gasteiger partial charge in [0.1, 0.15) is 5.82 Å². The lowest BCUT2D eigenvalue weighted by atomic mass is 9.98. The second kappa shape index (κ2) is 5.89. The number of likely N-dealkylation sites (N-methyl/N-ethyl adjacent to an activating group) is 1. The van der Waals surface area contributed by atoms with Gasteiger partial charge in [-0.15, -0.1) is 11.3 Å². The Morgan fingerprint density at radius 3 is 3.00 bits per heavy atom. The molecule has 0 saturated carbocycles. The average Bonchev–Trinajstić information content (AvgIpc) is 3.27. The van der Waals surface area contributed by atoms with Crippen LogP contribution in [0, 0.1) is 0 Å². The van der Waals surface area contributed by atoms with Gasteiger partial charge in [-0.1, -0.05) is 6.07 Å². The first-order valence-corrected chi connectivity index (χ1v) is 8.92. The lowest BCUT2D eigenvalue weighted by molar-refractivity contribution is -0.121. The van der Waals surface area contributed by atoms with Crippen molar-refractivity contribution in [1.29, 1.82) is 0 Å². The molecule has 0 fully saturated rings. The molecule has 0 aliphatic heterocycles. The van der Waals surface area contributed by atoms with Gasteiger partial charge in [0.2, 0.25) is 5.91 Å². The van der Waals surface area contributed by atoms with E-state index in [2.05, 4.69) is 38.9 Å². The molecule has 0 bridgehead atoms. The number of nitrogens with zero attached hydrogens (tertiary/aromatic N) is 1. The van der Waals surface area contributed by atoms with Crippen LogP contribution in [0.15, 0.2) is 42.0 Å². The van der Waals surface area contributed by atoms with Crippen LogP contribution in [0.1, 0.15) is 18.4 Å².